The number of benzene rings is 3. The summed E-state index contributed by atoms with van der Waals surface area (Å²) in [5.41, 5.74) is 2.64. The second-order valence-electron chi connectivity index (χ2n) is 8.79. The van der Waals surface area contributed by atoms with Crippen molar-refractivity contribution in [3.63, 3.8) is 0 Å². The van der Waals surface area contributed by atoms with E-state index in [-0.39, 0.29) is 30.7 Å². The number of amides is 3. The van der Waals surface area contributed by atoms with E-state index in [9.17, 15) is 14.4 Å². The maximum atomic E-state index is 13.7. The molecule has 0 unspecified atom stereocenters. The van der Waals surface area contributed by atoms with Crippen LogP contribution in [0.1, 0.15) is 31.8 Å². The van der Waals surface area contributed by atoms with Gasteiger partial charge in [-0.05, 0) is 59.7 Å². The fourth-order valence-corrected chi connectivity index (χ4v) is 4.69. The molecular weight excluding hydrogens is 523 g/mol. The van der Waals surface area contributed by atoms with E-state index >= 15 is 0 Å². The lowest BCUT2D eigenvalue weighted by Crippen LogP contribution is -2.46. The first-order valence-corrected chi connectivity index (χ1v) is 12.6. The third kappa shape index (κ3) is 5.54. The van der Waals surface area contributed by atoms with Gasteiger partial charge in [0.25, 0.3) is 11.8 Å². The minimum Gasteiger partial charge on any atom is -0.323 e. The van der Waals surface area contributed by atoms with Crippen LogP contribution in [0.15, 0.2) is 91.1 Å². The lowest BCUT2D eigenvalue weighted by molar-refractivity contribution is -0.120. The number of anilines is 2. The van der Waals surface area contributed by atoms with Gasteiger partial charge >= 0.3 is 0 Å². The summed E-state index contributed by atoms with van der Waals surface area (Å²) >= 11 is 12.5. The van der Waals surface area contributed by atoms with Gasteiger partial charge in [-0.25, -0.2) is 4.98 Å². The molecule has 2 heterocycles. The smallest absolute Gasteiger partial charge is 0.256 e. The van der Waals surface area contributed by atoms with Gasteiger partial charge in [-0.1, -0.05) is 59.6 Å². The summed E-state index contributed by atoms with van der Waals surface area (Å²) in [6.07, 6.45) is 1.82. The van der Waals surface area contributed by atoms with E-state index in [0.717, 1.165) is 11.1 Å². The number of pyridine rings is 1. The van der Waals surface area contributed by atoms with E-state index in [4.69, 9.17) is 23.2 Å². The topological polar surface area (TPSA) is 91.4 Å². The molecule has 0 spiro atoms. The molecule has 0 saturated heterocycles. The minimum atomic E-state index is -0.833. The quantitative estimate of drug-likeness (QED) is 0.318. The number of hydrogen-bond acceptors (Lipinski definition) is 4. The number of nitrogens with one attached hydrogen (secondary N) is 2. The molecule has 38 heavy (non-hydrogen) atoms. The van der Waals surface area contributed by atoms with Crippen LogP contribution >= 0.6 is 23.2 Å². The number of rotatable bonds is 6. The third-order valence-electron chi connectivity index (χ3n) is 6.26. The average molecular weight is 545 g/mol. The maximum Gasteiger partial charge on any atom is 0.256 e. The monoisotopic (exact) mass is 544 g/mol. The first-order chi connectivity index (χ1) is 18.4. The Balaban J connectivity index is 1.43. The van der Waals surface area contributed by atoms with Crippen LogP contribution < -0.4 is 10.6 Å². The molecule has 2 N–H and O–H groups in total. The van der Waals surface area contributed by atoms with Crippen LogP contribution in [0.3, 0.4) is 0 Å². The Morgan fingerprint density at radius 1 is 0.947 bits per heavy atom. The fourth-order valence-electron chi connectivity index (χ4n) is 4.30. The summed E-state index contributed by atoms with van der Waals surface area (Å²) < 4.78 is 0. The van der Waals surface area contributed by atoms with Crippen molar-refractivity contribution >= 4 is 52.4 Å². The van der Waals surface area contributed by atoms with Crippen LogP contribution in [0.25, 0.3) is 0 Å². The van der Waals surface area contributed by atoms with Crippen LogP contribution in [0.5, 0.6) is 0 Å². The normalized spacial score (nSPS) is 14.9. The molecule has 1 aromatic heterocycles. The number of carbonyl (C=O) groups excluding carboxylic acids is 3. The second kappa shape index (κ2) is 11.0. The van der Waals surface area contributed by atoms with Crippen molar-refractivity contribution in [2.75, 3.05) is 10.6 Å². The Labute approximate surface area is 229 Å². The molecule has 1 atom stereocenters. The highest BCUT2D eigenvalue weighted by Crippen LogP contribution is 2.30. The van der Waals surface area contributed by atoms with Gasteiger partial charge in [-0.2, -0.15) is 0 Å². The van der Waals surface area contributed by atoms with Crippen molar-refractivity contribution in [2.24, 2.45) is 0 Å². The van der Waals surface area contributed by atoms with Crippen LogP contribution in [0.2, 0.25) is 10.0 Å². The van der Waals surface area contributed by atoms with Crippen molar-refractivity contribution < 1.29 is 14.4 Å². The fraction of sp³-hybridized carbons (Fsp3) is 0.103. The van der Waals surface area contributed by atoms with Gasteiger partial charge in [0, 0.05) is 34.8 Å². The molecule has 7 nitrogen and oxygen atoms in total. The molecule has 0 aliphatic carbocycles. The molecule has 3 aromatic carbocycles. The highest BCUT2D eigenvalue weighted by atomic mass is 35.5. The molecule has 4 aromatic rings. The van der Waals surface area contributed by atoms with Crippen molar-refractivity contribution in [1.29, 1.82) is 0 Å². The number of fused-ring (bicyclic) bond motifs is 1. The van der Waals surface area contributed by atoms with Crippen LogP contribution in [0.4, 0.5) is 11.5 Å². The van der Waals surface area contributed by atoms with Crippen molar-refractivity contribution in [3.05, 3.63) is 123 Å². The summed E-state index contributed by atoms with van der Waals surface area (Å²) in [6.45, 7) is 0.144. The number of halogens is 2. The molecular formula is C29H22Cl2N4O3. The van der Waals surface area contributed by atoms with Crippen molar-refractivity contribution in [3.8, 4) is 0 Å². The minimum absolute atomic E-state index is 0.144. The standard InChI is InChI=1S/C29H22Cl2N4O3/c30-21-12-13-22-24(16-21)33-28(37)25(15-20-5-1-2-6-23(20)31)35(29(22)38)17-18-8-10-19(11-9-18)27(36)34-26-7-3-4-14-32-26/h1-14,16,25H,15,17H2,(H,33,37)(H,32,34,36)/t25-/m1/s1. The van der Waals surface area contributed by atoms with Crippen molar-refractivity contribution in [2.45, 2.75) is 19.0 Å². The first-order valence-electron chi connectivity index (χ1n) is 11.8. The maximum absolute atomic E-state index is 13.7. The van der Waals surface area contributed by atoms with Gasteiger partial charge in [0.15, 0.2) is 0 Å². The summed E-state index contributed by atoms with van der Waals surface area (Å²) in [6, 6.07) is 23.3. The van der Waals surface area contributed by atoms with E-state index in [1.54, 1.807) is 72.9 Å². The zero-order chi connectivity index (χ0) is 26.6. The lowest BCUT2D eigenvalue weighted by Gasteiger charge is -2.29. The molecule has 0 saturated carbocycles. The molecule has 0 radical (unpaired) electrons. The SMILES string of the molecule is O=C(Nc1ccccn1)c1ccc(CN2C(=O)c3ccc(Cl)cc3NC(=O)[C@H]2Cc2ccccc2Cl)cc1. The summed E-state index contributed by atoms with van der Waals surface area (Å²) in [7, 11) is 0. The predicted octanol–water partition coefficient (Wildman–Crippen LogP) is 5.85. The Hall–Kier alpha value is -4.20. The van der Waals surface area contributed by atoms with Gasteiger partial charge in [-0.3, -0.25) is 14.4 Å². The molecule has 0 bridgehead atoms. The zero-order valence-electron chi connectivity index (χ0n) is 20.0. The number of aromatic nitrogens is 1. The molecule has 0 fully saturated rings. The van der Waals surface area contributed by atoms with Crippen LogP contribution in [-0.2, 0) is 17.8 Å². The van der Waals surface area contributed by atoms with Crippen LogP contribution in [0, 0.1) is 0 Å². The van der Waals surface area contributed by atoms with Gasteiger partial charge in [0.05, 0.1) is 11.3 Å². The van der Waals surface area contributed by atoms with Crippen molar-refractivity contribution in [1.82, 2.24) is 9.88 Å². The summed E-state index contributed by atoms with van der Waals surface area (Å²) in [5.74, 6) is -0.512. The molecule has 190 valence electrons. The number of carbonyl (C=O) groups is 3. The number of hydrogen-bond donors (Lipinski definition) is 2. The summed E-state index contributed by atoms with van der Waals surface area (Å²) in [4.78, 5) is 45.4. The summed E-state index contributed by atoms with van der Waals surface area (Å²) in [5, 5.41) is 6.53. The van der Waals surface area contributed by atoms with E-state index in [1.165, 1.54) is 4.90 Å². The lowest BCUT2D eigenvalue weighted by atomic mass is 10.0. The average Bonchev–Trinajstić information content (AvgIpc) is 3.00. The highest BCUT2D eigenvalue weighted by molar-refractivity contribution is 6.31. The van der Waals surface area contributed by atoms with Gasteiger partial charge < -0.3 is 15.5 Å². The van der Waals surface area contributed by atoms with Gasteiger partial charge in [0.2, 0.25) is 5.91 Å². The molecule has 1 aliphatic heterocycles. The first kappa shape index (κ1) is 25.4. The third-order valence-corrected chi connectivity index (χ3v) is 6.86. The Morgan fingerprint density at radius 2 is 1.71 bits per heavy atom. The number of nitrogens with zero attached hydrogens (tertiary/aromatic N) is 2. The molecule has 3 amide bonds. The molecule has 9 heteroatoms. The predicted molar refractivity (Wildman–Crippen MR) is 148 cm³/mol. The molecule has 1 aliphatic rings. The Bertz CT molecular complexity index is 1510. The van der Waals surface area contributed by atoms with E-state index < -0.39 is 6.04 Å². The van der Waals surface area contributed by atoms with Gasteiger partial charge in [0.1, 0.15) is 11.9 Å². The Kier molecular flexibility index (Phi) is 7.40. The van der Waals surface area contributed by atoms with Gasteiger partial charge in [-0.15, -0.1) is 0 Å². The zero-order valence-corrected chi connectivity index (χ0v) is 21.5. The second-order valence-corrected chi connectivity index (χ2v) is 9.63. The largest absolute Gasteiger partial charge is 0.323 e. The van der Waals surface area contributed by atoms with E-state index in [0.29, 0.717) is 32.7 Å². The van der Waals surface area contributed by atoms with E-state index in [2.05, 4.69) is 15.6 Å². The Morgan fingerprint density at radius 3 is 2.45 bits per heavy atom. The van der Waals surface area contributed by atoms with Crippen LogP contribution in [-0.4, -0.2) is 33.6 Å². The van der Waals surface area contributed by atoms with E-state index in [1.807, 2.05) is 18.2 Å². The highest BCUT2D eigenvalue weighted by Gasteiger charge is 2.36. The molecule has 5 rings (SSSR count).